The topological polar surface area (TPSA) is 50.9 Å². The highest BCUT2D eigenvalue weighted by Crippen LogP contribution is 2.45. The maximum atomic E-state index is 14.7. The molecule has 1 atom stereocenters. The quantitative estimate of drug-likeness (QED) is 0.221. The summed E-state index contributed by atoms with van der Waals surface area (Å²) in [5.74, 6) is -1.89. The van der Waals surface area contributed by atoms with E-state index in [0.717, 1.165) is 23.1 Å². The lowest BCUT2D eigenvalue weighted by Gasteiger charge is -2.28. The van der Waals surface area contributed by atoms with Crippen LogP contribution in [-0.4, -0.2) is 15.7 Å². The Morgan fingerprint density at radius 2 is 1.65 bits per heavy atom. The third-order valence-corrected chi connectivity index (χ3v) is 6.43. The van der Waals surface area contributed by atoms with Crippen molar-refractivity contribution >= 4 is 17.4 Å². The van der Waals surface area contributed by atoms with E-state index in [-0.39, 0.29) is 28.8 Å². The van der Waals surface area contributed by atoms with Crippen LogP contribution in [0, 0.1) is 11.6 Å². The summed E-state index contributed by atoms with van der Waals surface area (Å²) >= 11 is 6.03. The summed E-state index contributed by atoms with van der Waals surface area (Å²) in [7, 11) is 0. The number of furan rings is 1. The summed E-state index contributed by atoms with van der Waals surface area (Å²) in [6, 6.07) is 7.75. The summed E-state index contributed by atoms with van der Waals surface area (Å²) < 4.78 is 117. The maximum Gasteiger partial charge on any atom is 0.417 e. The number of hydrogen-bond acceptors (Lipinski definition) is 5. The van der Waals surface area contributed by atoms with Crippen molar-refractivity contribution in [3.63, 3.8) is 0 Å². The van der Waals surface area contributed by atoms with Crippen molar-refractivity contribution < 1.29 is 44.4 Å². The fourth-order valence-electron chi connectivity index (χ4n) is 4.23. The normalized spacial score (nSPS) is 15.8. The fraction of sp³-hybridized carbons (Fsp3) is 0.154. The molecule has 14 heteroatoms. The van der Waals surface area contributed by atoms with Crippen LogP contribution in [0.3, 0.4) is 0 Å². The van der Waals surface area contributed by atoms with Gasteiger partial charge in [0.1, 0.15) is 11.6 Å². The zero-order valence-corrected chi connectivity index (χ0v) is 20.5. The van der Waals surface area contributed by atoms with Gasteiger partial charge in [0.05, 0.1) is 34.5 Å². The molecule has 0 fully saturated rings. The third-order valence-electron chi connectivity index (χ3n) is 6.01. The first-order chi connectivity index (χ1) is 18.9. The second-order valence-electron chi connectivity index (χ2n) is 8.53. The zero-order valence-electron chi connectivity index (χ0n) is 19.7. The Labute approximate surface area is 225 Å². The first-order valence-electron chi connectivity index (χ1n) is 11.3. The lowest BCUT2D eigenvalue weighted by molar-refractivity contribution is -0.143. The summed E-state index contributed by atoms with van der Waals surface area (Å²) in [6.45, 7) is -0.394. The molecular weight excluding hydrogens is 574 g/mol. The van der Waals surface area contributed by atoms with E-state index >= 15 is 0 Å². The number of benzene rings is 2. The van der Waals surface area contributed by atoms with Crippen LogP contribution in [0.15, 0.2) is 76.8 Å². The minimum Gasteiger partial charge on any atom is -0.461 e. The van der Waals surface area contributed by atoms with E-state index in [4.69, 9.17) is 20.9 Å². The molecule has 1 aliphatic rings. The van der Waals surface area contributed by atoms with Gasteiger partial charge in [0.25, 0.3) is 0 Å². The van der Waals surface area contributed by atoms with Gasteiger partial charge >= 0.3 is 12.4 Å². The molecule has 4 aromatic rings. The Bertz CT molecular complexity index is 1570. The molecular formula is C26H14ClF8N3O2. The highest BCUT2D eigenvalue weighted by atomic mass is 35.5. The maximum absolute atomic E-state index is 14.7. The summed E-state index contributed by atoms with van der Waals surface area (Å²) in [5, 5.41) is 2.79. The first-order valence-corrected chi connectivity index (χ1v) is 11.6. The molecule has 2 aromatic heterocycles. The molecule has 0 bridgehead atoms. The van der Waals surface area contributed by atoms with Crippen LogP contribution in [0.2, 0.25) is 5.02 Å². The summed E-state index contributed by atoms with van der Waals surface area (Å²) in [4.78, 5) is 10.5. The minimum atomic E-state index is -5.24. The van der Waals surface area contributed by atoms with Crippen LogP contribution < -0.4 is 0 Å². The number of amidine groups is 1. The predicted molar refractivity (Wildman–Crippen MR) is 126 cm³/mol. The number of halogens is 9. The van der Waals surface area contributed by atoms with Crippen molar-refractivity contribution in [2.24, 2.45) is 5.16 Å². The predicted octanol–water partition coefficient (Wildman–Crippen LogP) is 8.20. The van der Waals surface area contributed by atoms with Crippen molar-refractivity contribution in [2.45, 2.75) is 25.1 Å². The number of pyridine rings is 1. The Morgan fingerprint density at radius 1 is 0.925 bits per heavy atom. The molecule has 1 aliphatic heterocycles. The molecule has 0 amide bonds. The lowest BCUT2D eigenvalue weighted by Crippen LogP contribution is -2.31. The molecule has 0 aliphatic carbocycles. The highest BCUT2D eigenvalue weighted by Gasteiger charge is 2.43. The largest absolute Gasteiger partial charge is 0.461 e. The van der Waals surface area contributed by atoms with Crippen LogP contribution in [0.25, 0.3) is 11.1 Å². The molecule has 5 rings (SSSR count). The monoisotopic (exact) mass is 587 g/mol. The molecule has 5 nitrogen and oxygen atoms in total. The van der Waals surface area contributed by atoms with Gasteiger partial charge in [-0.15, -0.1) is 0 Å². The average molecular weight is 588 g/mol. The van der Waals surface area contributed by atoms with Crippen molar-refractivity contribution in [1.82, 2.24) is 9.88 Å². The van der Waals surface area contributed by atoms with Crippen LogP contribution in [0.5, 0.6) is 0 Å². The molecule has 3 heterocycles. The molecule has 0 radical (unpaired) electrons. The van der Waals surface area contributed by atoms with Crippen LogP contribution in [0.4, 0.5) is 35.1 Å². The Morgan fingerprint density at radius 3 is 2.27 bits per heavy atom. The number of oxime groups is 1. The van der Waals surface area contributed by atoms with E-state index < -0.39 is 64.0 Å². The molecule has 2 aromatic carbocycles. The second-order valence-corrected chi connectivity index (χ2v) is 8.91. The SMILES string of the molecule is Fc1cccc(F)c1-c1ccncc1CN1C(c2ccco2)=NOC1c1cc(C(F)(F)F)cc(C(F)(F)F)c1Cl. The molecule has 0 saturated carbocycles. The van der Waals surface area contributed by atoms with Gasteiger partial charge in [0.2, 0.25) is 12.1 Å². The average Bonchev–Trinajstić information content (AvgIpc) is 3.54. The first kappa shape index (κ1) is 27.4. The van der Waals surface area contributed by atoms with Crippen LogP contribution in [0.1, 0.15) is 34.2 Å². The smallest absolute Gasteiger partial charge is 0.417 e. The zero-order chi connectivity index (χ0) is 28.8. The van der Waals surface area contributed by atoms with E-state index in [2.05, 4.69) is 10.1 Å². The van der Waals surface area contributed by atoms with Crippen molar-refractivity contribution in [1.29, 1.82) is 0 Å². The molecule has 208 valence electrons. The number of hydrogen-bond donors (Lipinski definition) is 0. The molecule has 0 N–H and O–H groups in total. The van der Waals surface area contributed by atoms with E-state index in [1.807, 2.05) is 0 Å². The van der Waals surface area contributed by atoms with Crippen molar-refractivity contribution in [3.8, 4) is 11.1 Å². The highest BCUT2D eigenvalue weighted by molar-refractivity contribution is 6.32. The molecule has 0 spiro atoms. The lowest BCUT2D eigenvalue weighted by atomic mass is 9.99. The summed E-state index contributed by atoms with van der Waals surface area (Å²) in [5.41, 5.74) is -4.29. The van der Waals surface area contributed by atoms with Gasteiger partial charge in [-0.3, -0.25) is 4.98 Å². The fourth-order valence-corrected chi connectivity index (χ4v) is 4.54. The number of rotatable bonds is 5. The molecule has 40 heavy (non-hydrogen) atoms. The van der Waals surface area contributed by atoms with Gasteiger partial charge in [0.15, 0.2) is 5.76 Å². The van der Waals surface area contributed by atoms with Crippen molar-refractivity contribution in [2.75, 3.05) is 0 Å². The Hall–Kier alpha value is -4.13. The van der Waals surface area contributed by atoms with Crippen molar-refractivity contribution in [3.05, 3.63) is 112 Å². The van der Waals surface area contributed by atoms with Gasteiger partial charge in [-0.1, -0.05) is 22.8 Å². The molecule has 0 saturated heterocycles. The van der Waals surface area contributed by atoms with E-state index in [1.54, 1.807) is 0 Å². The van der Waals surface area contributed by atoms with Crippen LogP contribution in [-0.2, 0) is 23.7 Å². The van der Waals surface area contributed by atoms with Gasteiger partial charge in [-0.05, 0) is 53.6 Å². The van der Waals surface area contributed by atoms with E-state index in [1.165, 1.54) is 36.9 Å². The minimum absolute atomic E-state index is 0.0289. The van der Waals surface area contributed by atoms with Gasteiger partial charge in [-0.25, -0.2) is 8.78 Å². The van der Waals surface area contributed by atoms with E-state index in [9.17, 15) is 35.1 Å². The Kier molecular flexibility index (Phi) is 6.94. The second kappa shape index (κ2) is 10.1. The number of aromatic nitrogens is 1. The number of alkyl halides is 6. The third kappa shape index (κ3) is 5.08. The molecule has 1 unspecified atom stereocenters. The number of nitrogens with zero attached hydrogens (tertiary/aromatic N) is 3. The van der Waals surface area contributed by atoms with Gasteiger partial charge < -0.3 is 14.2 Å². The van der Waals surface area contributed by atoms with Gasteiger partial charge in [-0.2, -0.15) is 26.3 Å². The summed E-state index contributed by atoms with van der Waals surface area (Å²) in [6.07, 6.45) is -8.36. The van der Waals surface area contributed by atoms with E-state index in [0.29, 0.717) is 6.07 Å². The standard InChI is InChI=1S/C26H14ClF8N3O2/c27-22-16(9-14(25(30,31)32)10-17(22)26(33,34)35)24-38(23(37-40-24)20-5-2-8-39-20)12-13-11-36-7-6-15(13)21-18(28)3-1-4-19(21)29/h1-11,24H,12H2. The Balaban J connectivity index is 1.66. The van der Waals surface area contributed by atoms with Crippen LogP contribution >= 0.6 is 11.6 Å². The van der Waals surface area contributed by atoms with Gasteiger partial charge in [0, 0.05) is 18.0 Å².